The van der Waals surface area contributed by atoms with Gasteiger partial charge in [-0.15, -0.1) is 0 Å². The van der Waals surface area contributed by atoms with Gasteiger partial charge in [0.15, 0.2) is 0 Å². The lowest BCUT2D eigenvalue weighted by atomic mass is 10.1. The van der Waals surface area contributed by atoms with Gasteiger partial charge in [0, 0.05) is 5.69 Å². The third-order valence-corrected chi connectivity index (χ3v) is 1.52. The molecule has 1 aromatic carbocycles. The maximum Gasteiger partial charge on any atom is 0.0681 e. The number of hydrogen-bond acceptors (Lipinski definition) is 2. The molecule has 0 fully saturated rings. The minimum Gasteiger partial charge on any atom is -0.399 e. The number of benzene rings is 1. The standard InChI is InChI=1S/C8H11NO.2C2H6/c1-6-4-7(5-10)2-3-8(6)9;2*1-2/h2-4,10H,5,9H2,1H3;2*1-2H3. The molecule has 0 spiro atoms. The number of aliphatic hydroxyl groups is 1. The van der Waals surface area contributed by atoms with E-state index in [1.54, 1.807) is 6.07 Å². The Morgan fingerprint density at radius 1 is 1.14 bits per heavy atom. The molecule has 0 aliphatic rings. The van der Waals surface area contributed by atoms with E-state index in [1.807, 2.05) is 46.8 Å². The molecule has 3 N–H and O–H groups in total. The predicted octanol–water partition coefficient (Wildman–Crippen LogP) is 3.12. The number of aliphatic hydroxyl groups excluding tert-OH is 1. The highest BCUT2D eigenvalue weighted by Crippen LogP contribution is 2.11. The fourth-order valence-electron chi connectivity index (χ4n) is 0.836. The van der Waals surface area contributed by atoms with Gasteiger partial charge in [0.25, 0.3) is 0 Å². The highest BCUT2D eigenvalue weighted by molar-refractivity contribution is 5.47. The van der Waals surface area contributed by atoms with Gasteiger partial charge in [-0.1, -0.05) is 39.8 Å². The van der Waals surface area contributed by atoms with Gasteiger partial charge in [-0.05, 0) is 24.1 Å². The Morgan fingerprint density at radius 3 is 2.00 bits per heavy atom. The third kappa shape index (κ3) is 5.60. The minimum absolute atomic E-state index is 0.0844. The first-order valence-corrected chi connectivity index (χ1v) is 5.20. The average molecular weight is 197 g/mol. The Bertz CT molecular complexity index is 234. The monoisotopic (exact) mass is 197 g/mol. The minimum atomic E-state index is 0.0844. The summed E-state index contributed by atoms with van der Waals surface area (Å²) in [6.45, 7) is 10.0. The van der Waals surface area contributed by atoms with E-state index >= 15 is 0 Å². The maximum atomic E-state index is 8.71. The van der Waals surface area contributed by atoms with E-state index < -0.39 is 0 Å². The van der Waals surface area contributed by atoms with Crippen LogP contribution in [0.5, 0.6) is 0 Å². The van der Waals surface area contributed by atoms with Crippen LogP contribution in [0.2, 0.25) is 0 Å². The van der Waals surface area contributed by atoms with E-state index in [0.29, 0.717) is 0 Å². The molecule has 0 aliphatic heterocycles. The van der Waals surface area contributed by atoms with E-state index in [1.165, 1.54) is 0 Å². The fraction of sp³-hybridized carbons (Fsp3) is 0.500. The molecule has 2 nitrogen and oxygen atoms in total. The quantitative estimate of drug-likeness (QED) is 0.679. The van der Waals surface area contributed by atoms with Crippen molar-refractivity contribution in [3.8, 4) is 0 Å². The van der Waals surface area contributed by atoms with Crippen LogP contribution in [0.25, 0.3) is 0 Å². The van der Waals surface area contributed by atoms with Crippen molar-refractivity contribution >= 4 is 5.69 Å². The van der Waals surface area contributed by atoms with Crippen molar-refractivity contribution in [2.45, 2.75) is 41.2 Å². The molecule has 2 heteroatoms. The van der Waals surface area contributed by atoms with Crippen molar-refractivity contribution in [3.05, 3.63) is 29.3 Å². The molecule has 0 unspecified atom stereocenters. The number of aryl methyl sites for hydroxylation is 1. The molecule has 0 saturated heterocycles. The molecule has 0 bridgehead atoms. The Kier molecular flexibility index (Phi) is 11.1. The topological polar surface area (TPSA) is 46.2 Å². The molecule has 0 aromatic heterocycles. The largest absolute Gasteiger partial charge is 0.399 e. The summed E-state index contributed by atoms with van der Waals surface area (Å²) in [7, 11) is 0. The molecule has 82 valence electrons. The van der Waals surface area contributed by atoms with E-state index in [2.05, 4.69) is 0 Å². The Labute approximate surface area is 87.8 Å². The highest BCUT2D eigenvalue weighted by Gasteiger charge is 1.93. The second-order valence-electron chi connectivity index (χ2n) is 2.35. The van der Waals surface area contributed by atoms with Crippen LogP contribution in [0.3, 0.4) is 0 Å². The molecule has 1 aromatic rings. The maximum absolute atomic E-state index is 8.71. The first-order chi connectivity index (χ1) is 6.74. The van der Waals surface area contributed by atoms with Gasteiger partial charge >= 0.3 is 0 Å². The normalized spacial score (nSPS) is 7.86. The van der Waals surface area contributed by atoms with Crippen molar-refractivity contribution in [1.82, 2.24) is 0 Å². The summed E-state index contributed by atoms with van der Waals surface area (Å²) in [6.07, 6.45) is 0. The van der Waals surface area contributed by atoms with Crippen LogP contribution < -0.4 is 5.73 Å². The number of hydrogen-bond donors (Lipinski definition) is 2. The van der Waals surface area contributed by atoms with Crippen LogP contribution in [0, 0.1) is 6.92 Å². The molecule has 0 aliphatic carbocycles. The van der Waals surface area contributed by atoms with Gasteiger partial charge in [0.2, 0.25) is 0 Å². The molecule has 0 atom stereocenters. The van der Waals surface area contributed by atoms with Crippen LogP contribution in [-0.2, 0) is 6.61 Å². The number of nitrogens with two attached hydrogens (primary N) is 1. The van der Waals surface area contributed by atoms with Gasteiger partial charge in [-0.3, -0.25) is 0 Å². The highest BCUT2D eigenvalue weighted by atomic mass is 16.3. The first-order valence-electron chi connectivity index (χ1n) is 5.20. The molecule has 1 rings (SSSR count). The van der Waals surface area contributed by atoms with Gasteiger partial charge in [-0.2, -0.15) is 0 Å². The average Bonchev–Trinajstić information content (AvgIpc) is 2.28. The zero-order chi connectivity index (χ0) is 11.6. The number of rotatable bonds is 1. The summed E-state index contributed by atoms with van der Waals surface area (Å²) in [5, 5.41) is 8.71. The van der Waals surface area contributed by atoms with E-state index in [9.17, 15) is 0 Å². The zero-order valence-electron chi connectivity index (χ0n) is 9.96. The summed E-state index contributed by atoms with van der Waals surface area (Å²) in [5.41, 5.74) is 8.27. The second kappa shape index (κ2) is 10.1. The Morgan fingerprint density at radius 2 is 1.64 bits per heavy atom. The van der Waals surface area contributed by atoms with Gasteiger partial charge in [0.1, 0.15) is 0 Å². The molecule has 0 radical (unpaired) electrons. The van der Waals surface area contributed by atoms with Gasteiger partial charge in [0.05, 0.1) is 6.61 Å². The molecular weight excluding hydrogens is 174 g/mol. The van der Waals surface area contributed by atoms with E-state index in [4.69, 9.17) is 10.8 Å². The van der Waals surface area contributed by atoms with Gasteiger partial charge in [-0.25, -0.2) is 0 Å². The second-order valence-corrected chi connectivity index (χ2v) is 2.35. The Balaban J connectivity index is 0. The molecule has 0 saturated carbocycles. The predicted molar refractivity (Wildman–Crippen MR) is 64.2 cm³/mol. The van der Waals surface area contributed by atoms with Crippen molar-refractivity contribution in [2.75, 3.05) is 5.73 Å². The van der Waals surface area contributed by atoms with Crippen LogP contribution in [0.15, 0.2) is 18.2 Å². The number of nitrogen functional groups attached to an aromatic ring is 1. The lowest BCUT2D eigenvalue weighted by molar-refractivity contribution is 0.282. The lowest BCUT2D eigenvalue weighted by Gasteiger charge is -2.00. The summed E-state index contributed by atoms with van der Waals surface area (Å²) >= 11 is 0. The number of anilines is 1. The molecule has 0 heterocycles. The summed E-state index contributed by atoms with van der Waals surface area (Å²) < 4.78 is 0. The molecule has 0 amide bonds. The van der Waals surface area contributed by atoms with Crippen molar-refractivity contribution in [1.29, 1.82) is 0 Å². The summed E-state index contributed by atoms with van der Waals surface area (Å²) in [6, 6.07) is 5.51. The van der Waals surface area contributed by atoms with E-state index in [-0.39, 0.29) is 6.61 Å². The van der Waals surface area contributed by atoms with Crippen LogP contribution in [-0.4, -0.2) is 5.11 Å². The van der Waals surface area contributed by atoms with E-state index in [0.717, 1.165) is 16.8 Å². The van der Waals surface area contributed by atoms with Crippen LogP contribution in [0.4, 0.5) is 5.69 Å². The first kappa shape index (κ1) is 15.5. The fourth-order valence-corrected chi connectivity index (χ4v) is 0.836. The van der Waals surface area contributed by atoms with Crippen molar-refractivity contribution in [3.63, 3.8) is 0 Å². The van der Waals surface area contributed by atoms with Gasteiger partial charge < -0.3 is 10.8 Å². The molecule has 14 heavy (non-hydrogen) atoms. The zero-order valence-corrected chi connectivity index (χ0v) is 9.96. The summed E-state index contributed by atoms with van der Waals surface area (Å²) in [4.78, 5) is 0. The summed E-state index contributed by atoms with van der Waals surface area (Å²) in [5.74, 6) is 0. The Hall–Kier alpha value is -1.02. The van der Waals surface area contributed by atoms with Crippen LogP contribution in [0.1, 0.15) is 38.8 Å². The SMILES string of the molecule is CC.CC.Cc1cc(CO)ccc1N. The third-order valence-electron chi connectivity index (χ3n) is 1.52. The smallest absolute Gasteiger partial charge is 0.0681 e. The molecular formula is C12H23NO. The lowest BCUT2D eigenvalue weighted by Crippen LogP contribution is -1.91. The van der Waals surface area contributed by atoms with Crippen molar-refractivity contribution < 1.29 is 5.11 Å². The van der Waals surface area contributed by atoms with Crippen LogP contribution >= 0.6 is 0 Å². The van der Waals surface area contributed by atoms with Crippen molar-refractivity contribution in [2.24, 2.45) is 0 Å².